The molecule has 2 rings (SSSR count). The highest BCUT2D eigenvalue weighted by Crippen LogP contribution is 2.26. The van der Waals surface area contributed by atoms with Crippen LogP contribution in [0.1, 0.15) is 13.8 Å². The number of anilines is 1. The van der Waals surface area contributed by atoms with Gasteiger partial charge in [-0.15, -0.1) is 0 Å². The van der Waals surface area contributed by atoms with Gasteiger partial charge in [0.2, 0.25) is 15.9 Å². The molecule has 1 fully saturated rings. The van der Waals surface area contributed by atoms with Gasteiger partial charge in [-0.2, -0.15) is 4.31 Å². The van der Waals surface area contributed by atoms with Gasteiger partial charge in [0.25, 0.3) is 0 Å². The normalized spacial score (nSPS) is 20.0. The van der Waals surface area contributed by atoms with Crippen molar-refractivity contribution in [2.45, 2.75) is 24.3 Å². The van der Waals surface area contributed by atoms with Gasteiger partial charge < -0.3 is 11.1 Å². The largest absolute Gasteiger partial charge is 0.384 e. The molecule has 7 nitrogen and oxygen atoms in total. The van der Waals surface area contributed by atoms with Gasteiger partial charge in [0.15, 0.2) is 0 Å². The molecular weight excluding hydrogens is 268 g/mol. The molecular formula is C11H16N4O3S. The molecule has 0 bridgehead atoms. The highest BCUT2D eigenvalue weighted by molar-refractivity contribution is 7.89. The standard InChI is InChI=1S/C11H16N4O3S/c1-11(2)10(16)13-5-6-15(11)19(17,18)8-3-4-9(12)14-7-8/h3-4,7H,5-6H2,1-2H3,(H2,12,14)(H,13,16). The fourth-order valence-corrected chi connectivity index (χ4v) is 3.67. The third kappa shape index (κ3) is 2.28. The lowest BCUT2D eigenvalue weighted by Gasteiger charge is -2.39. The summed E-state index contributed by atoms with van der Waals surface area (Å²) in [7, 11) is -3.76. The highest BCUT2D eigenvalue weighted by Gasteiger charge is 2.44. The van der Waals surface area contributed by atoms with Crippen LogP contribution in [0.15, 0.2) is 23.2 Å². The molecule has 1 amide bonds. The second-order valence-electron chi connectivity index (χ2n) is 4.81. The predicted octanol–water partition coefficient (Wildman–Crippen LogP) is -0.437. The maximum atomic E-state index is 12.5. The van der Waals surface area contributed by atoms with Gasteiger partial charge in [-0.1, -0.05) is 0 Å². The molecule has 0 unspecified atom stereocenters. The number of nitrogen functional groups attached to an aromatic ring is 1. The first-order valence-corrected chi connectivity index (χ1v) is 7.23. The number of pyridine rings is 1. The molecule has 2 heterocycles. The lowest BCUT2D eigenvalue weighted by molar-refractivity contribution is -0.131. The topological polar surface area (TPSA) is 105 Å². The Labute approximate surface area is 111 Å². The number of nitrogens with one attached hydrogen (secondary N) is 1. The van der Waals surface area contributed by atoms with E-state index < -0.39 is 15.6 Å². The second-order valence-corrected chi connectivity index (χ2v) is 6.67. The number of rotatable bonds is 2. The van der Waals surface area contributed by atoms with Crippen LogP contribution in [0.4, 0.5) is 5.82 Å². The second kappa shape index (κ2) is 4.46. The summed E-state index contributed by atoms with van der Waals surface area (Å²) < 4.78 is 26.2. The van der Waals surface area contributed by atoms with Crippen LogP contribution in [0.3, 0.4) is 0 Å². The Morgan fingerprint density at radius 1 is 1.42 bits per heavy atom. The van der Waals surface area contributed by atoms with Crippen molar-refractivity contribution in [3.05, 3.63) is 18.3 Å². The van der Waals surface area contributed by atoms with Crippen LogP contribution >= 0.6 is 0 Å². The number of nitrogens with two attached hydrogens (primary N) is 1. The van der Waals surface area contributed by atoms with Crippen molar-refractivity contribution >= 4 is 21.7 Å². The number of amides is 1. The number of piperazine rings is 1. The SMILES string of the molecule is CC1(C)C(=O)NCCN1S(=O)(=O)c1ccc(N)nc1. The molecule has 0 radical (unpaired) electrons. The summed E-state index contributed by atoms with van der Waals surface area (Å²) in [6.45, 7) is 3.67. The summed E-state index contributed by atoms with van der Waals surface area (Å²) in [5.41, 5.74) is 4.31. The first-order valence-electron chi connectivity index (χ1n) is 5.79. The minimum absolute atomic E-state index is 0.0319. The number of aromatic nitrogens is 1. The van der Waals surface area contributed by atoms with Crippen LogP contribution in [-0.2, 0) is 14.8 Å². The molecule has 0 spiro atoms. The molecule has 1 saturated heterocycles. The van der Waals surface area contributed by atoms with E-state index in [1.165, 1.54) is 22.6 Å². The van der Waals surface area contributed by atoms with Crippen molar-refractivity contribution in [1.82, 2.24) is 14.6 Å². The predicted molar refractivity (Wildman–Crippen MR) is 69.6 cm³/mol. The molecule has 0 aliphatic carbocycles. The highest BCUT2D eigenvalue weighted by atomic mass is 32.2. The first-order chi connectivity index (χ1) is 8.76. The third-order valence-electron chi connectivity index (χ3n) is 3.13. The smallest absolute Gasteiger partial charge is 0.245 e. The average Bonchev–Trinajstić information content (AvgIpc) is 2.33. The van der Waals surface area contributed by atoms with E-state index >= 15 is 0 Å². The van der Waals surface area contributed by atoms with Crippen molar-refractivity contribution in [3.63, 3.8) is 0 Å². The van der Waals surface area contributed by atoms with Crippen molar-refractivity contribution in [1.29, 1.82) is 0 Å². The van der Waals surface area contributed by atoms with Crippen LogP contribution in [0.5, 0.6) is 0 Å². The average molecular weight is 284 g/mol. The molecule has 3 N–H and O–H groups in total. The summed E-state index contributed by atoms with van der Waals surface area (Å²) in [6, 6.07) is 2.81. The lowest BCUT2D eigenvalue weighted by atomic mass is 10.0. The molecule has 1 aliphatic heterocycles. The van der Waals surface area contributed by atoms with E-state index in [4.69, 9.17) is 5.73 Å². The Bertz CT molecular complexity index is 595. The number of carbonyl (C=O) groups excluding carboxylic acids is 1. The zero-order valence-electron chi connectivity index (χ0n) is 10.8. The van der Waals surface area contributed by atoms with Gasteiger partial charge in [-0.3, -0.25) is 4.79 Å². The van der Waals surface area contributed by atoms with E-state index in [2.05, 4.69) is 10.3 Å². The third-order valence-corrected chi connectivity index (χ3v) is 5.18. The molecule has 19 heavy (non-hydrogen) atoms. The maximum absolute atomic E-state index is 12.5. The van der Waals surface area contributed by atoms with Crippen molar-refractivity contribution < 1.29 is 13.2 Å². The van der Waals surface area contributed by atoms with Gasteiger partial charge in [-0.05, 0) is 26.0 Å². The van der Waals surface area contributed by atoms with Crippen LogP contribution < -0.4 is 11.1 Å². The minimum Gasteiger partial charge on any atom is -0.384 e. The summed E-state index contributed by atoms with van der Waals surface area (Å²) in [5.74, 6) is -0.0691. The Kier molecular flexibility index (Phi) is 3.23. The van der Waals surface area contributed by atoms with E-state index in [1.54, 1.807) is 13.8 Å². The minimum atomic E-state index is -3.76. The molecule has 8 heteroatoms. The van der Waals surface area contributed by atoms with Gasteiger partial charge in [0.1, 0.15) is 16.3 Å². The monoisotopic (exact) mass is 284 g/mol. The molecule has 0 aromatic carbocycles. The van der Waals surface area contributed by atoms with E-state index in [0.29, 0.717) is 6.54 Å². The molecule has 0 saturated carbocycles. The van der Waals surface area contributed by atoms with E-state index in [1.807, 2.05) is 0 Å². The van der Waals surface area contributed by atoms with Crippen LogP contribution in [-0.4, -0.2) is 42.2 Å². The quantitative estimate of drug-likeness (QED) is 0.766. The van der Waals surface area contributed by atoms with Gasteiger partial charge in [0, 0.05) is 19.3 Å². The van der Waals surface area contributed by atoms with E-state index in [-0.39, 0.29) is 23.2 Å². The zero-order valence-corrected chi connectivity index (χ0v) is 11.6. The number of sulfonamides is 1. The Hall–Kier alpha value is -1.67. The zero-order chi connectivity index (χ0) is 14.3. The fraction of sp³-hybridized carbons (Fsp3) is 0.455. The number of nitrogens with zero attached hydrogens (tertiary/aromatic N) is 2. The molecule has 1 aromatic rings. The summed E-state index contributed by atoms with van der Waals surface area (Å²) in [6.07, 6.45) is 1.20. The van der Waals surface area contributed by atoms with Crippen LogP contribution in [0.2, 0.25) is 0 Å². The lowest BCUT2D eigenvalue weighted by Crippen LogP contribution is -2.63. The van der Waals surface area contributed by atoms with Crippen molar-refractivity contribution in [2.24, 2.45) is 0 Å². The molecule has 104 valence electrons. The van der Waals surface area contributed by atoms with Gasteiger partial charge in [0.05, 0.1) is 0 Å². The Balaban J connectivity index is 2.44. The number of hydrogen-bond acceptors (Lipinski definition) is 5. The molecule has 0 atom stereocenters. The number of carbonyl (C=O) groups is 1. The van der Waals surface area contributed by atoms with E-state index in [0.717, 1.165) is 0 Å². The van der Waals surface area contributed by atoms with Crippen LogP contribution in [0, 0.1) is 0 Å². The Morgan fingerprint density at radius 2 is 2.11 bits per heavy atom. The molecule has 1 aromatic heterocycles. The van der Waals surface area contributed by atoms with Crippen LogP contribution in [0.25, 0.3) is 0 Å². The van der Waals surface area contributed by atoms with Gasteiger partial charge in [-0.25, -0.2) is 13.4 Å². The fourth-order valence-electron chi connectivity index (χ4n) is 1.97. The summed E-state index contributed by atoms with van der Waals surface area (Å²) in [5, 5.41) is 2.65. The summed E-state index contributed by atoms with van der Waals surface area (Å²) in [4.78, 5) is 15.6. The Morgan fingerprint density at radius 3 is 2.68 bits per heavy atom. The molecule has 1 aliphatic rings. The number of hydrogen-bond donors (Lipinski definition) is 2. The van der Waals surface area contributed by atoms with E-state index in [9.17, 15) is 13.2 Å². The first kappa shape index (κ1) is 13.8. The summed E-state index contributed by atoms with van der Waals surface area (Å²) >= 11 is 0. The van der Waals surface area contributed by atoms with Crippen molar-refractivity contribution in [3.8, 4) is 0 Å². The van der Waals surface area contributed by atoms with Crippen molar-refractivity contribution in [2.75, 3.05) is 18.8 Å². The van der Waals surface area contributed by atoms with Gasteiger partial charge >= 0.3 is 0 Å². The maximum Gasteiger partial charge on any atom is 0.245 e.